The van der Waals surface area contributed by atoms with Gasteiger partial charge in [0, 0.05) is 12.2 Å². The summed E-state index contributed by atoms with van der Waals surface area (Å²) in [6, 6.07) is 0.297. The van der Waals surface area contributed by atoms with Crippen LogP contribution in [-0.4, -0.2) is 21.9 Å². The van der Waals surface area contributed by atoms with Crippen molar-refractivity contribution in [1.29, 1.82) is 0 Å². The van der Waals surface area contributed by atoms with Gasteiger partial charge in [-0.05, 0) is 19.3 Å². The number of hydrogen-bond acceptors (Lipinski definition) is 2. The Morgan fingerprint density at radius 2 is 2.31 bits per heavy atom. The summed E-state index contributed by atoms with van der Waals surface area (Å²) in [5.74, 6) is -0.206. The van der Waals surface area contributed by atoms with Crippen LogP contribution >= 0.6 is 0 Å². The Morgan fingerprint density at radius 3 is 2.77 bits per heavy atom. The van der Waals surface area contributed by atoms with E-state index in [-0.39, 0.29) is 11.6 Å². The average Bonchev–Trinajstić information content (AvgIpc) is 2.44. The fraction of sp³-hybridized carbons (Fsp3) is 0.500. The van der Waals surface area contributed by atoms with Crippen LogP contribution in [0.15, 0.2) is 11.0 Å². The summed E-state index contributed by atoms with van der Waals surface area (Å²) in [5, 5.41) is 2.82. The van der Waals surface area contributed by atoms with E-state index in [4.69, 9.17) is 0 Å². The van der Waals surface area contributed by atoms with Crippen LogP contribution in [0.2, 0.25) is 0 Å². The number of nitrogens with one attached hydrogen (secondary N) is 3. The van der Waals surface area contributed by atoms with Crippen LogP contribution in [-0.2, 0) is 0 Å². The quantitative estimate of drug-likeness (QED) is 0.599. The van der Waals surface area contributed by atoms with Crippen LogP contribution in [0.4, 0.5) is 0 Å². The Bertz CT molecular complexity index is 361. The minimum Gasteiger partial charge on any atom is -0.348 e. The first-order valence-electron chi connectivity index (χ1n) is 4.34. The second-order valence-electron chi connectivity index (χ2n) is 3.26. The third-order valence-electron chi connectivity index (χ3n) is 2.28. The molecule has 1 aromatic rings. The summed E-state index contributed by atoms with van der Waals surface area (Å²) in [7, 11) is 0. The summed E-state index contributed by atoms with van der Waals surface area (Å²) >= 11 is 0. The van der Waals surface area contributed by atoms with E-state index in [1.807, 2.05) is 0 Å². The first-order valence-corrected chi connectivity index (χ1v) is 4.34. The summed E-state index contributed by atoms with van der Waals surface area (Å²) in [5.41, 5.74) is -0.0457. The smallest absolute Gasteiger partial charge is 0.323 e. The second-order valence-corrected chi connectivity index (χ2v) is 3.26. The summed E-state index contributed by atoms with van der Waals surface area (Å²) in [6.07, 6.45) is 4.64. The normalized spacial score (nSPS) is 16.6. The average molecular weight is 181 g/mol. The summed E-state index contributed by atoms with van der Waals surface area (Å²) in [6.45, 7) is 0. The molecule has 5 nitrogen and oxygen atoms in total. The monoisotopic (exact) mass is 181 g/mol. The minimum absolute atomic E-state index is 0.206. The third-order valence-corrected chi connectivity index (χ3v) is 2.28. The number of imidazole rings is 1. The lowest BCUT2D eigenvalue weighted by Crippen LogP contribution is -2.39. The van der Waals surface area contributed by atoms with Gasteiger partial charge in [-0.1, -0.05) is 0 Å². The molecular weight excluding hydrogens is 170 g/mol. The van der Waals surface area contributed by atoms with Gasteiger partial charge in [-0.2, -0.15) is 0 Å². The van der Waals surface area contributed by atoms with Gasteiger partial charge < -0.3 is 15.3 Å². The number of aromatic nitrogens is 2. The number of aromatic amines is 2. The first kappa shape index (κ1) is 8.10. The van der Waals surface area contributed by atoms with Crippen LogP contribution in [0.1, 0.15) is 29.8 Å². The standard InChI is InChI=1S/C8H11N3O2/c12-7(10-5-2-1-3-5)6-4-9-8(13)11-6/h4-5H,1-3H2,(H,10,12)(H2,9,11,13). The fourth-order valence-electron chi connectivity index (χ4n) is 1.27. The third kappa shape index (κ3) is 1.63. The number of carbonyl (C=O) groups is 1. The largest absolute Gasteiger partial charge is 0.348 e. The predicted molar refractivity (Wildman–Crippen MR) is 46.5 cm³/mol. The van der Waals surface area contributed by atoms with E-state index < -0.39 is 0 Å². The topological polar surface area (TPSA) is 77.8 Å². The number of H-pyrrole nitrogens is 2. The van der Waals surface area contributed by atoms with E-state index in [0.717, 1.165) is 12.8 Å². The van der Waals surface area contributed by atoms with E-state index in [2.05, 4.69) is 15.3 Å². The zero-order valence-corrected chi connectivity index (χ0v) is 7.09. The maximum atomic E-state index is 11.4. The van der Waals surface area contributed by atoms with Crippen molar-refractivity contribution in [1.82, 2.24) is 15.3 Å². The van der Waals surface area contributed by atoms with E-state index in [1.165, 1.54) is 12.6 Å². The molecule has 0 atom stereocenters. The second kappa shape index (κ2) is 3.08. The number of hydrogen-bond donors (Lipinski definition) is 3. The van der Waals surface area contributed by atoms with Crippen LogP contribution in [0.5, 0.6) is 0 Å². The molecule has 1 fully saturated rings. The van der Waals surface area contributed by atoms with Crippen LogP contribution in [0.3, 0.4) is 0 Å². The highest BCUT2D eigenvalue weighted by atomic mass is 16.2. The molecule has 1 aliphatic carbocycles. The van der Waals surface area contributed by atoms with Crippen molar-refractivity contribution < 1.29 is 4.79 Å². The van der Waals surface area contributed by atoms with Gasteiger partial charge in [0.25, 0.3) is 5.91 Å². The van der Waals surface area contributed by atoms with Gasteiger partial charge >= 0.3 is 5.69 Å². The van der Waals surface area contributed by atoms with Crippen LogP contribution in [0.25, 0.3) is 0 Å². The molecule has 13 heavy (non-hydrogen) atoms. The number of amides is 1. The zero-order valence-electron chi connectivity index (χ0n) is 7.09. The van der Waals surface area contributed by atoms with E-state index in [1.54, 1.807) is 0 Å². The zero-order chi connectivity index (χ0) is 9.26. The molecule has 0 aromatic carbocycles. The molecule has 5 heteroatoms. The van der Waals surface area contributed by atoms with Crippen molar-refractivity contribution >= 4 is 5.91 Å². The van der Waals surface area contributed by atoms with Gasteiger partial charge in [0.1, 0.15) is 5.69 Å². The Balaban J connectivity index is 2.00. The lowest BCUT2D eigenvalue weighted by molar-refractivity contribution is 0.0912. The van der Waals surface area contributed by atoms with Gasteiger partial charge in [-0.15, -0.1) is 0 Å². The molecule has 0 saturated heterocycles. The number of rotatable bonds is 2. The van der Waals surface area contributed by atoms with E-state index >= 15 is 0 Å². The maximum absolute atomic E-state index is 11.4. The summed E-state index contributed by atoms with van der Waals surface area (Å²) < 4.78 is 0. The van der Waals surface area contributed by atoms with Crippen LogP contribution in [0, 0.1) is 0 Å². The van der Waals surface area contributed by atoms with Gasteiger partial charge in [-0.25, -0.2) is 4.79 Å². The Labute approximate surface area is 74.6 Å². The highest BCUT2D eigenvalue weighted by Gasteiger charge is 2.20. The molecule has 0 unspecified atom stereocenters. The Kier molecular flexibility index (Phi) is 1.92. The predicted octanol–water partition coefficient (Wildman–Crippen LogP) is -0.0147. The Morgan fingerprint density at radius 1 is 1.54 bits per heavy atom. The Hall–Kier alpha value is -1.52. The molecule has 1 amide bonds. The van der Waals surface area contributed by atoms with Gasteiger partial charge in [0.05, 0.1) is 0 Å². The van der Waals surface area contributed by atoms with Crippen molar-refractivity contribution in [3.05, 3.63) is 22.4 Å². The highest BCUT2D eigenvalue weighted by molar-refractivity contribution is 5.92. The van der Waals surface area contributed by atoms with Gasteiger partial charge in [0.15, 0.2) is 0 Å². The molecule has 3 N–H and O–H groups in total. The first-order chi connectivity index (χ1) is 6.25. The molecule has 0 aliphatic heterocycles. The minimum atomic E-state index is -0.348. The van der Waals surface area contributed by atoms with Gasteiger partial charge in [0.2, 0.25) is 0 Å². The molecule has 1 saturated carbocycles. The molecule has 1 aliphatic rings. The van der Waals surface area contributed by atoms with E-state index in [0.29, 0.717) is 11.7 Å². The lowest BCUT2D eigenvalue weighted by atomic mass is 9.93. The molecule has 0 spiro atoms. The fourth-order valence-corrected chi connectivity index (χ4v) is 1.27. The molecule has 70 valence electrons. The van der Waals surface area contributed by atoms with Crippen molar-refractivity contribution in [2.24, 2.45) is 0 Å². The molecule has 0 bridgehead atoms. The lowest BCUT2D eigenvalue weighted by Gasteiger charge is -2.25. The highest BCUT2D eigenvalue weighted by Crippen LogP contribution is 2.18. The molecule has 2 rings (SSSR count). The summed E-state index contributed by atoms with van der Waals surface area (Å²) in [4.78, 5) is 26.8. The van der Waals surface area contributed by atoms with Crippen molar-refractivity contribution in [2.75, 3.05) is 0 Å². The molecule has 1 heterocycles. The van der Waals surface area contributed by atoms with Crippen molar-refractivity contribution in [2.45, 2.75) is 25.3 Å². The SMILES string of the molecule is O=C(NC1CCC1)c1c[nH]c(=O)[nH]1. The van der Waals surface area contributed by atoms with Crippen LogP contribution < -0.4 is 11.0 Å². The molecule has 0 radical (unpaired) electrons. The van der Waals surface area contributed by atoms with Crippen molar-refractivity contribution in [3.8, 4) is 0 Å². The maximum Gasteiger partial charge on any atom is 0.323 e. The van der Waals surface area contributed by atoms with Crippen molar-refractivity contribution in [3.63, 3.8) is 0 Å². The molecule has 1 aromatic heterocycles. The molecular formula is C8H11N3O2. The number of carbonyl (C=O) groups excluding carboxylic acids is 1. The van der Waals surface area contributed by atoms with Gasteiger partial charge in [-0.3, -0.25) is 4.79 Å². The van der Waals surface area contributed by atoms with E-state index in [9.17, 15) is 9.59 Å².